The maximum absolute atomic E-state index is 13.3. The second-order valence-electron chi connectivity index (χ2n) is 11.0. The van der Waals surface area contributed by atoms with Crippen molar-refractivity contribution in [1.29, 1.82) is 0 Å². The Labute approximate surface area is 244 Å². The maximum atomic E-state index is 13.3. The molecule has 4 N–H and O–H groups in total. The predicted octanol–water partition coefficient (Wildman–Crippen LogP) is 2.20. The van der Waals surface area contributed by atoms with Crippen LogP contribution in [0.2, 0.25) is 0 Å². The molecule has 0 spiro atoms. The molecule has 0 aliphatic carbocycles. The van der Waals surface area contributed by atoms with E-state index in [4.69, 9.17) is 14.2 Å². The maximum Gasteiger partial charge on any atom is 0.255 e. The molecule has 2 saturated heterocycles. The second-order valence-corrected chi connectivity index (χ2v) is 11.0. The van der Waals surface area contributed by atoms with Crippen molar-refractivity contribution < 1.29 is 28.9 Å². The van der Waals surface area contributed by atoms with E-state index in [-0.39, 0.29) is 36.5 Å². The largest absolute Gasteiger partial charge is 0.493 e. The number of carbonyl (C=O) groups is 2. The molecule has 2 bridgehead atoms. The molecule has 2 amide bonds. The van der Waals surface area contributed by atoms with Crippen molar-refractivity contribution in [3.63, 3.8) is 0 Å². The van der Waals surface area contributed by atoms with E-state index in [1.54, 1.807) is 24.4 Å². The van der Waals surface area contributed by atoms with Crippen molar-refractivity contribution in [2.24, 2.45) is 0 Å². The number of ether oxygens (including phenoxy) is 3. The number of hydrogen-bond acceptors (Lipinski definition) is 8. The van der Waals surface area contributed by atoms with Gasteiger partial charge in [0.05, 0.1) is 49.3 Å². The summed E-state index contributed by atoms with van der Waals surface area (Å²) in [5.41, 5.74) is 3.97. The van der Waals surface area contributed by atoms with Crippen LogP contribution in [0.1, 0.15) is 57.3 Å². The molecule has 3 aromatic rings. The molecule has 4 atom stereocenters. The highest BCUT2D eigenvalue weighted by molar-refractivity contribution is 6.00. The van der Waals surface area contributed by atoms with Crippen LogP contribution in [-0.2, 0) is 24.3 Å². The summed E-state index contributed by atoms with van der Waals surface area (Å²) in [6.07, 6.45) is 3.40. The molecule has 0 saturated carbocycles. The summed E-state index contributed by atoms with van der Waals surface area (Å²) in [7, 11) is 0. The van der Waals surface area contributed by atoms with Gasteiger partial charge in [0.2, 0.25) is 0 Å². The third kappa shape index (κ3) is 5.99. The first-order chi connectivity index (χ1) is 20.5. The number of nitrogens with zero attached hydrogens (tertiary/aromatic N) is 2. The molecule has 222 valence electrons. The number of aromatic nitrogens is 2. The van der Waals surface area contributed by atoms with Crippen molar-refractivity contribution in [3.8, 4) is 11.5 Å². The highest BCUT2D eigenvalue weighted by Crippen LogP contribution is 2.32. The van der Waals surface area contributed by atoms with Crippen molar-refractivity contribution in [3.05, 3.63) is 76.6 Å². The van der Waals surface area contributed by atoms with E-state index in [2.05, 4.69) is 20.8 Å². The van der Waals surface area contributed by atoms with Crippen molar-refractivity contribution in [1.82, 2.24) is 25.7 Å². The summed E-state index contributed by atoms with van der Waals surface area (Å²) in [4.78, 5) is 28.4. The second kappa shape index (κ2) is 12.5. The van der Waals surface area contributed by atoms with Gasteiger partial charge in [0.15, 0.2) is 0 Å². The number of aromatic amines is 1. The van der Waals surface area contributed by atoms with Crippen LogP contribution < -0.4 is 20.1 Å². The SMILES string of the molecule is CCOc1cc(C(=O)N2C3CCC2COC3)ccc1C(=O)NCC(O)[C@@H]1Cc2ccc(OCc3ccn[nH]3)cc2CN1. The van der Waals surface area contributed by atoms with Gasteiger partial charge in [0.1, 0.15) is 18.1 Å². The standard InChI is InChI=1S/C31H37N5O6/c1-2-41-29-13-20(31(39)36-23-5-6-24(36)18-40-17-23)4-8-26(29)30(38)33-15-28(37)27-12-19-3-7-25(11-21(19)14-32-27)42-16-22-9-10-34-35-22/h3-4,7-11,13,23-24,27-28,32,37H,2,5-6,12,14-18H2,1H3,(H,33,38)(H,34,35)/t23?,24?,27-,28?/m0/s1. The highest BCUT2D eigenvalue weighted by Gasteiger charge is 2.40. The van der Waals surface area contributed by atoms with Gasteiger partial charge in [-0.2, -0.15) is 5.10 Å². The smallest absolute Gasteiger partial charge is 0.255 e. The van der Waals surface area contributed by atoms with Gasteiger partial charge in [-0.1, -0.05) is 6.07 Å². The zero-order chi connectivity index (χ0) is 29.1. The van der Waals surface area contributed by atoms with E-state index < -0.39 is 6.10 Å². The third-order valence-electron chi connectivity index (χ3n) is 8.31. The molecular weight excluding hydrogens is 538 g/mol. The average Bonchev–Trinajstić information content (AvgIpc) is 3.63. The zero-order valence-electron chi connectivity index (χ0n) is 23.7. The van der Waals surface area contributed by atoms with Crippen LogP contribution in [0.5, 0.6) is 11.5 Å². The number of morpholine rings is 1. The van der Waals surface area contributed by atoms with Gasteiger partial charge >= 0.3 is 0 Å². The van der Waals surface area contributed by atoms with Gasteiger partial charge in [-0.3, -0.25) is 14.7 Å². The summed E-state index contributed by atoms with van der Waals surface area (Å²) in [5, 5.41) is 24.0. The number of rotatable bonds is 10. The van der Waals surface area contributed by atoms with Gasteiger partial charge in [0, 0.05) is 30.9 Å². The van der Waals surface area contributed by atoms with Crippen LogP contribution in [0.3, 0.4) is 0 Å². The van der Waals surface area contributed by atoms with Crippen LogP contribution in [0.25, 0.3) is 0 Å². The number of aliphatic hydroxyl groups is 1. The topological polar surface area (TPSA) is 138 Å². The Morgan fingerprint density at radius 2 is 1.95 bits per heavy atom. The molecule has 11 heteroatoms. The molecule has 2 aromatic carbocycles. The summed E-state index contributed by atoms with van der Waals surface area (Å²) >= 11 is 0. The minimum absolute atomic E-state index is 0.0608. The Bertz CT molecular complexity index is 1400. The number of H-pyrrole nitrogens is 1. The molecular formula is C31H37N5O6. The van der Waals surface area contributed by atoms with Gasteiger partial charge in [0.25, 0.3) is 11.8 Å². The molecule has 6 rings (SSSR count). The lowest BCUT2D eigenvalue weighted by molar-refractivity contribution is -0.00717. The number of carbonyl (C=O) groups excluding carboxylic acids is 2. The Morgan fingerprint density at radius 1 is 1.12 bits per heavy atom. The van der Waals surface area contributed by atoms with Gasteiger partial charge in [-0.05, 0) is 73.7 Å². The zero-order valence-corrected chi connectivity index (χ0v) is 23.7. The Hall–Kier alpha value is -3.93. The fraction of sp³-hybridized carbons (Fsp3) is 0.452. The lowest BCUT2D eigenvalue weighted by atomic mass is 9.92. The van der Waals surface area contributed by atoms with Crippen molar-refractivity contribution in [2.45, 2.75) is 63.6 Å². The van der Waals surface area contributed by atoms with Gasteiger partial charge < -0.3 is 34.9 Å². The normalized spacial score (nSPS) is 21.9. The van der Waals surface area contributed by atoms with Gasteiger partial charge in [-0.25, -0.2) is 0 Å². The number of hydrogen-bond donors (Lipinski definition) is 4. The Morgan fingerprint density at radius 3 is 2.71 bits per heavy atom. The summed E-state index contributed by atoms with van der Waals surface area (Å²) in [5.74, 6) is 0.699. The van der Waals surface area contributed by atoms with Gasteiger partial charge in [-0.15, -0.1) is 0 Å². The van der Waals surface area contributed by atoms with E-state index in [0.717, 1.165) is 35.4 Å². The molecule has 4 heterocycles. The van der Waals surface area contributed by atoms with Crippen LogP contribution in [0, 0.1) is 0 Å². The molecule has 3 aliphatic rings. The van der Waals surface area contributed by atoms with Crippen molar-refractivity contribution >= 4 is 11.8 Å². The van der Waals surface area contributed by atoms with Crippen LogP contribution >= 0.6 is 0 Å². The van der Waals surface area contributed by atoms with Crippen molar-refractivity contribution in [2.75, 3.05) is 26.4 Å². The first kappa shape index (κ1) is 28.2. The monoisotopic (exact) mass is 575 g/mol. The van der Waals surface area contributed by atoms with E-state index in [1.165, 1.54) is 0 Å². The molecule has 3 unspecified atom stereocenters. The number of aliphatic hydroxyl groups excluding tert-OH is 1. The summed E-state index contributed by atoms with van der Waals surface area (Å²) in [6, 6.07) is 12.8. The number of nitrogens with one attached hydrogen (secondary N) is 3. The van der Waals surface area contributed by atoms with Crippen LogP contribution in [-0.4, -0.2) is 82.6 Å². The lowest BCUT2D eigenvalue weighted by Gasteiger charge is -2.34. The Kier molecular flexibility index (Phi) is 8.41. The molecule has 2 fully saturated rings. The first-order valence-electron chi connectivity index (χ1n) is 14.6. The molecule has 3 aliphatic heterocycles. The minimum Gasteiger partial charge on any atom is -0.493 e. The van der Waals surface area contributed by atoms with Crippen LogP contribution in [0.15, 0.2) is 48.7 Å². The molecule has 0 radical (unpaired) electrons. The summed E-state index contributed by atoms with van der Waals surface area (Å²) in [6.45, 7) is 4.38. The molecule has 11 nitrogen and oxygen atoms in total. The van der Waals surface area contributed by atoms with Crippen LogP contribution in [0.4, 0.5) is 0 Å². The fourth-order valence-corrected chi connectivity index (χ4v) is 6.07. The predicted molar refractivity (Wildman–Crippen MR) is 153 cm³/mol. The van der Waals surface area contributed by atoms with E-state index in [1.807, 2.05) is 36.1 Å². The average molecular weight is 576 g/mol. The molecule has 42 heavy (non-hydrogen) atoms. The number of benzene rings is 2. The summed E-state index contributed by atoms with van der Waals surface area (Å²) < 4.78 is 17.2. The first-order valence-corrected chi connectivity index (χ1v) is 14.6. The third-order valence-corrected chi connectivity index (χ3v) is 8.31. The van der Waals surface area contributed by atoms with E-state index >= 15 is 0 Å². The number of fused-ring (bicyclic) bond motifs is 3. The molecule has 1 aromatic heterocycles. The highest BCUT2D eigenvalue weighted by atomic mass is 16.5. The number of amides is 2. The minimum atomic E-state index is -0.799. The van der Waals surface area contributed by atoms with E-state index in [0.29, 0.717) is 56.3 Å². The van der Waals surface area contributed by atoms with E-state index in [9.17, 15) is 14.7 Å². The fourth-order valence-electron chi connectivity index (χ4n) is 6.07. The Balaban J connectivity index is 1.05. The lowest BCUT2D eigenvalue weighted by Crippen LogP contribution is -2.49. The quantitative estimate of drug-likeness (QED) is 0.289.